The zero-order valence-corrected chi connectivity index (χ0v) is 25.8. The molecule has 224 valence electrons. The Bertz CT molecular complexity index is 1700. The molecule has 1 atom stereocenters. The fourth-order valence-corrected chi connectivity index (χ4v) is 7.33. The summed E-state index contributed by atoms with van der Waals surface area (Å²) >= 11 is 0. The SMILES string of the molecule is Cc1ccc(CN(C(=O)CCCN2c3cccc4cccc(c34)S2(=O)=O)[C@H](Cc2ccccc2)C(=O)NCC(C)C)cc1. The van der Waals surface area contributed by atoms with Crippen LogP contribution in [-0.2, 0) is 32.6 Å². The zero-order chi connectivity index (χ0) is 30.6. The summed E-state index contributed by atoms with van der Waals surface area (Å²) in [5, 5.41) is 4.64. The number of nitrogens with zero attached hydrogens (tertiary/aromatic N) is 2. The van der Waals surface area contributed by atoms with E-state index in [0.717, 1.165) is 27.5 Å². The number of sulfonamides is 1. The van der Waals surface area contributed by atoms with Crippen molar-refractivity contribution in [3.63, 3.8) is 0 Å². The predicted octanol–water partition coefficient (Wildman–Crippen LogP) is 5.85. The first-order chi connectivity index (χ1) is 20.6. The van der Waals surface area contributed by atoms with Gasteiger partial charge in [0.25, 0.3) is 10.0 Å². The molecular weight excluding hydrogens is 558 g/mol. The topological polar surface area (TPSA) is 86.8 Å². The molecule has 0 radical (unpaired) electrons. The number of aryl methyl sites for hydroxylation is 1. The fraction of sp³-hybridized carbons (Fsp3) is 0.314. The molecule has 0 bridgehead atoms. The Hall–Kier alpha value is -4.17. The lowest BCUT2D eigenvalue weighted by atomic mass is 10.0. The van der Waals surface area contributed by atoms with Gasteiger partial charge in [-0.15, -0.1) is 0 Å². The summed E-state index contributed by atoms with van der Waals surface area (Å²) in [6.45, 7) is 7.03. The van der Waals surface area contributed by atoms with E-state index in [2.05, 4.69) is 5.32 Å². The number of rotatable bonds is 12. The molecule has 1 heterocycles. The number of benzene rings is 4. The Morgan fingerprint density at radius 3 is 2.26 bits per heavy atom. The van der Waals surface area contributed by atoms with E-state index >= 15 is 0 Å². The van der Waals surface area contributed by atoms with Crippen LogP contribution in [0, 0.1) is 12.8 Å². The van der Waals surface area contributed by atoms with Crippen LogP contribution in [0.4, 0.5) is 5.69 Å². The van der Waals surface area contributed by atoms with Crippen LogP contribution in [0.2, 0.25) is 0 Å². The van der Waals surface area contributed by atoms with Crippen molar-refractivity contribution in [3.05, 3.63) is 108 Å². The number of hydrogen-bond acceptors (Lipinski definition) is 4. The Kier molecular flexibility index (Phi) is 9.16. The zero-order valence-electron chi connectivity index (χ0n) is 25.0. The van der Waals surface area contributed by atoms with Crippen molar-refractivity contribution in [2.24, 2.45) is 5.92 Å². The van der Waals surface area contributed by atoms with Crippen LogP contribution in [-0.4, -0.2) is 44.3 Å². The van der Waals surface area contributed by atoms with Gasteiger partial charge in [-0.25, -0.2) is 8.42 Å². The minimum absolute atomic E-state index is 0.104. The first kappa shape index (κ1) is 30.3. The summed E-state index contributed by atoms with van der Waals surface area (Å²) in [4.78, 5) is 29.6. The molecule has 0 saturated heterocycles. The maximum absolute atomic E-state index is 14.0. The second-order valence-corrected chi connectivity index (χ2v) is 13.5. The quantitative estimate of drug-likeness (QED) is 0.222. The average Bonchev–Trinajstić information content (AvgIpc) is 3.22. The van der Waals surface area contributed by atoms with Gasteiger partial charge in [0, 0.05) is 37.9 Å². The normalized spacial score (nSPS) is 14.2. The molecule has 8 heteroatoms. The van der Waals surface area contributed by atoms with Crippen molar-refractivity contribution in [2.75, 3.05) is 17.4 Å². The molecule has 0 spiro atoms. The van der Waals surface area contributed by atoms with Gasteiger partial charge in [-0.2, -0.15) is 0 Å². The summed E-state index contributed by atoms with van der Waals surface area (Å²) in [7, 11) is -3.71. The van der Waals surface area contributed by atoms with Crippen molar-refractivity contribution < 1.29 is 18.0 Å². The minimum Gasteiger partial charge on any atom is -0.354 e. The molecule has 1 aliphatic heterocycles. The van der Waals surface area contributed by atoms with Crippen LogP contribution < -0.4 is 9.62 Å². The smallest absolute Gasteiger partial charge is 0.265 e. The van der Waals surface area contributed by atoms with Crippen molar-refractivity contribution >= 4 is 38.3 Å². The summed E-state index contributed by atoms with van der Waals surface area (Å²) in [5.74, 6) is -0.116. The van der Waals surface area contributed by atoms with E-state index < -0.39 is 16.1 Å². The van der Waals surface area contributed by atoms with Crippen LogP contribution in [0.15, 0.2) is 95.9 Å². The van der Waals surface area contributed by atoms with E-state index in [1.165, 1.54) is 4.31 Å². The lowest BCUT2D eigenvalue weighted by Crippen LogP contribution is -2.51. The second-order valence-electron chi connectivity index (χ2n) is 11.7. The molecule has 0 unspecified atom stereocenters. The molecule has 1 aliphatic rings. The molecule has 7 nitrogen and oxygen atoms in total. The van der Waals surface area contributed by atoms with E-state index in [0.29, 0.717) is 30.0 Å². The average molecular weight is 598 g/mol. The number of nitrogens with one attached hydrogen (secondary N) is 1. The van der Waals surface area contributed by atoms with Gasteiger partial charge < -0.3 is 10.2 Å². The molecule has 0 aromatic heterocycles. The fourth-order valence-electron chi connectivity index (χ4n) is 5.58. The number of anilines is 1. The largest absolute Gasteiger partial charge is 0.354 e. The highest BCUT2D eigenvalue weighted by molar-refractivity contribution is 7.93. The number of carbonyl (C=O) groups excluding carboxylic acids is 2. The van der Waals surface area contributed by atoms with Gasteiger partial charge in [-0.3, -0.25) is 13.9 Å². The number of carbonyl (C=O) groups is 2. The van der Waals surface area contributed by atoms with Crippen LogP contribution in [0.1, 0.15) is 43.4 Å². The minimum atomic E-state index is -3.71. The third-order valence-electron chi connectivity index (χ3n) is 7.86. The van der Waals surface area contributed by atoms with Gasteiger partial charge in [-0.1, -0.05) is 98.3 Å². The van der Waals surface area contributed by atoms with Crippen LogP contribution in [0.5, 0.6) is 0 Å². The van der Waals surface area contributed by atoms with Crippen molar-refractivity contribution in [2.45, 2.75) is 57.5 Å². The standard InChI is InChI=1S/C35H39N3O4S/c1-25(2)23-36-35(40)31(22-27-10-5-4-6-11-27)37(24-28-19-17-26(3)18-20-28)33(39)16-9-21-38-30-14-7-12-29-13-8-15-32(34(29)30)43(38,41)42/h4-8,10-15,17-20,25,31H,9,16,21-24H2,1-3H3,(H,36,40)/t31-/m1/s1. The first-order valence-electron chi connectivity index (χ1n) is 14.9. The van der Waals surface area contributed by atoms with Gasteiger partial charge in [0.15, 0.2) is 0 Å². The van der Waals surface area contributed by atoms with E-state index in [-0.39, 0.29) is 37.2 Å². The summed E-state index contributed by atoms with van der Waals surface area (Å²) in [6.07, 6.45) is 0.797. The Balaban J connectivity index is 1.39. The maximum Gasteiger partial charge on any atom is 0.265 e. The van der Waals surface area contributed by atoms with E-state index in [1.807, 2.05) is 99.6 Å². The van der Waals surface area contributed by atoms with E-state index in [1.54, 1.807) is 17.0 Å². The Labute approximate surface area is 254 Å². The molecule has 0 aliphatic carbocycles. The second kappa shape index (κ2) is 13.0. The molecule has 4 aromatic rings. The maximum atomic E-state index is 14.0. The number of hydrogen-bond donors (Lipinski definition) is 1. The van der Waals surface area contributed by atoms with Crippen LogP contribution in [0.25, 0.3) is 10.8 Å². The molecule has 5 rings (SSSR count). The predicted molar refractivity (Wildman–Crippen MR) is 171 cm³/mol. The van der Waals surface area contributed by atoms with Crippen molar-refractivity contribution in [1.29, 1.82) is 0 Å². The lowest BCUT2D eigenvalue weighted by Gasteiger charge is -2.32. The highest BCUT2D eigenvalue weighted by Gasteiger charge is 2.36. The molecule has 0 saturated carbocycles. The van der Waals surface area contributed by atoms with Crippen molar-refractivity contribution in [1.82, 2.24) is 10.2 Å². The highest BCUT2D eigenvalue weighted by atomic mass is 32.2. The molecule has 1 N–H and O–H groups in total. The van der Waals surface area contributed by atoms with Gasteiger partial charge in [0.1, 0.15) is 6.04 Å². The van der Waals surface area contributed by atoms with E-state index in [4.69, 9.17) is 0 Å². The molecule has 2 amide bonds. The summed E-state index contributed by atoms with van der Waals surface area (Å²) in [6, 6.07) is 27.8. The van der Waals surface area contributed by atoms with Gasteiger partial charge >= 0.3 is 0 Å². The van der Waals surface area contributed by atoms with E-state index in [9.17, 15) is 18.0 Å². The lowest BCUT2D eigenvalue weighted by molar-refractivity contribution is -0.141. The molecule has 0 fully saturated rings. The first-order valence-corrected chi connectivity index (χ1v) is 16.3. The van der Waals surface area contributed by atoms with Gasteiger partial charge in [0.2, 0.25) is 11.8 Å². The van der Waals surface area contributed by atoms with Gasteiger partial charge in [0.05, 0.1) is 10.6 Å². The third-order valence-corrected chi connectivity index (χ3v) is 9.72. The molecule has 4 aromatic carbocycles. The Morgan fingerprint density at radius 1 is 0.860 bits per heavy atom. The third kappa shape index (κ3) is 6.75. The summed E-state index contributed by atoms with van der Waals surface area (Å²) in [5.41, 5.74) is 3.65. The highest BCUT2D eigenvalue weighted by Crippen LogP contribution is 2.42. The van der Waals surface area contributed by atoms with Crippen LogP contribution >= 0.6 is 0 Å². The summed E-state index contributed by atoms with van der Waals surface area (Å²) < 4.78 is 28.3. The monoisotopic (exact) mass is 597 g/mol. The van der Waals surface area contributed by atoms with Crippen molar-refractivity contribution in [3.8, 4) is 0 Å². The van der Waals surface area contributed by atoms with Gasteiger partial charge in [-0.05, 0) is 47.9 Å². The number of amides is 2. The molecular formula is C35H39N3O4S. The Morgan fingerprint density at radius 2 is 1.56 bits per heavy atom. The van der Waals surface area contributed by atoms with Crippen LogP contribution in [0.3, 0.4) is 0 Å². The molecule has 43 heavy (non-hydrogen) atoms.